The predicted molar refractivity (Wildman–Crippen MR) is 66.2 cm³/mol. The Morgan fingerprint density at radius 3 is 3.00 bits per heavy atom. The Bertz CT molecular complexity index is 431. The molecule has 98 valence electrons. The van der Waals surface area contributed by atoms with Crippen LogP contribution in [0.3, 0.4) is 0 Å². The molecule has 1 amide bonds. The molecule has 1 fully saturated rings. The molecule has 2 heterocycles. The smallest absolute Gasteiger partial charge is 0.328 e. The number of amides is 1. The molecule has 1 saturated heterocycles. The van der Waals surface area contributed by atoms with Crippen LogP contribution in [0.1, 0.15) is 12.0 Å². The third kappa shape index (κ3) is 2.70. The number of methoxy groups -OCH3 is 1. The first-order valence-electron chi connectivity index (χ1n) is 5.68. The normalized spacial score (nSPS) is 23.1. The molecule has 2 rings (SSSR count). The van der Waals surface area contributed by atoms with Gasteiger partial charge in [0.05, 0.1) is 19.6 Å². The summed E-state index contributed by atoms with van der Waals surface area (Å²) in [6, 6.07) is 1.22. The highest BCUT2D eigenvalue weighted by atomic mass is 32.1. The van der Waals surface area contributed by atoms with Crippen LogP contribution in [0, 0.1) is 0 Å². The molecule has 1 N–H and O–H groups in total. The van der Waals surface area contributed by atoms with Gasteiger partial charge in [0.15, 0.2) is 0 Å². The Kier molecular flexibility index (Phi) is 3.98. The van der Waals surface area contributed by atoms with Crippen LogP contribution >= 0.6 is 11.3 Å². The average molecular weight is 269 g/mol. The van der Waals surface area contributed by atoms with E-state index in [9.17, 15) is 14.7 Å². The van der Waals surface area contributed by atoms with E-state index in [1.807, 2.05) is 16.8 Å². The van der Waals surface area contributed by atoms with Gasteiger partial charge in [0.25, 0.3) is 0 Å². The Hall–Kier alpha value is -1.40. The summed E-state index contributed by atoms with van der Waals surface area (Å²) in [7, 11) is 1.29. The van der Waals surface area contributed by atoms with E-state index in [1.165, 1.54) is 23.3 Å². The maximum Gasteiger partial charge on any atom is 0.328 e. The van der Waals surface area contributed by atoms with Crippen molar-refractivity contribution in [1.82, 2.24) is 4.90 Å². The zero-order chi connectivity index (χ0) is 13.1. The molecule has 2 unspecified atom stereocenters. The maximum atomic E-state index is 12.1. The van der Waals surface area contributed by atoms with Gasteiger partial charge < -0.3 is 14.7 Å². The van der Waals surface area contributed by atoms with Crippen molar-refractivity contribution in [3.05, 3.63) is 22.4 Å². The fourth-order valence-corrected chi connectivity index (χ4v) is 2.79. The molecule has 1 aliphatic heterocycles. The molecule has 18 heavy (non-hydrogen) atoms. The van der Waals surface area contributed by atoms with E-state index < -0.39 is 18.1 Å². The summed E-state index contributed by atoms with van der Waals surface area (Å²) in [5, 5.41) is 13.4. The molecule has 1 aliphatic rings. The summed E-state index contributed by atoms with van der Waals surface area (Å²) < 4.78 is 4.66. The first kappa shape index (κ1) is 13.0. The molecular formula is C12H15NO4S. The summed E-state index contributed by atoms with van der Waals surface area (Å²) in [6.45, 7) is 0.197. The minimum atomic E-state index is -0.656. The van der Waals surface area contributed by atoms with Gasteiger partial charge in [0.2, 0.25) is 5.91 Å². The van der Waals surface area contributed by atoms with Crippen molar-refractivity contribution in [2.45, 2.75) is 25.0 Å². The van der Waals surface area contributed by atoms with Gasteiger partial charge in [0.1, 0.15) is 6.04 Å². The first-order valence-corrected chi connectivity index (χ1v) is 6.62. The number of rotatable bonds is 3. The Labute approximate surface area is 109 Å². The van der Waals surface area contributed by atoms with Crippen LogP contribution in [0.15, 0.2) is 16.8 Å². The molecule has 0 bridgehead atoms. The van der Waals surface area contributed by atoms with Gasteiger partial charge in [-0.3, -0.25) is 4.79 Å². The minimum Gasteiger partial charge on any atom is -0.467 e. The molecule has 5 nitrogen and oxygen atoms in total. The molecule has 0 aromatic carbocycles. The highest BCUT2D eigenvalue weighted by Gasteiger charge is 2.39. The third-order valence-corrected chi connectivity index (χ3v) is 3.74. The van der Waals surface area contributed by atoms with Crippen molar-refractivity contribution >= 4 is 23.2 Å². The number of hydrogen-bond acceptors (Lipinski definition) is 5. The molecule has 2 atom stereocenters. The molecule has 0 radical (unpaired) electrons. The lowest BCUT2D eigenvalue weighted by Gasteiger charge is -2.22. The predicted octanol–water partition coefficient (Wildman–Crippen LogP) is 0.425. The number of β-amino-alcohol motifs (C(OH)–C–C–N with tert-alkyl or cyclic N) is 1. The van der Waals surface area contributed by atoms with Crippen molar-refractivity contribution in [3.8, 4) is 0 Å². The summed E-state index contributed by atoms with van der Waals surface area (Å²) >= 11 is 1.52. The topological polar surface area (TPSA) is 66.8 Å². The van der Waals surface area contributed by atoms with Crippen molar-refractivity contribution in [2.24, 2.45) is 0 Å². The minimum absolute atomic E-state index is 0.152. The monoisotopic (exact) mass is 269 g/mol. The van der Waals surface area contributed by atoms with E-state index in [0.29, 0.717) is 0 Å². The van der Waals surface area contributed by atoms with Crippen molar-refractivity contribution in [1.29, 1.82) is 0 Å². The number of aliphatic hydroxyl groups is 1. The number of aliphatic hydroxyl groups excluding tert-OH is 1. The van der Waals surface area contributed by atoms with Crippen LogP contribution in [0.2, 0.25) is 0 Å². The number of carbonyl (C=O) groups excluding carboxylic acids is 2. The van der Waals surface area contributed by atoms with Gasteiger partial charge in [-0.2, -0.15) is 11.3 Å². The van der Waals surface area contributed by atoms with E-state index >= 15 is 0 Å². The second kappa shape index (κ2) is 5.49. The average Bonchev–Trinajstić information content (AvgIpc) is 2.97. The van der Waals surface area contributed by atoms with Gasteiger partial charge >= 0.3 is 5.97 Å². The summed E-state index contributed by atoms with van der Waals surface area (Å²) in [4.78, 5) is 25.1. The molecule has 1 aromatic heterocycles. The molecule has 0 saturated carbocycles. The van der Waals surface area contributed by atoms with E-state index in [2.05, 4.69) is 4.74 Å². The Morgan fingerprint density at radius 2 is 2.39 bits per heavy atom. The lowest BCUT2D eigenvalue weighted by molar-refractivity contribution is -0.150. The lowest BCUT2D eigenvalue weighted by atomic mass is 10.2. The van der Waals surface area contributed by atoms with Gasteiger partial charge in [-0.1, -0.05) is 0 Å². The van der Waals surface area contributed by atoms with Crippen LogP contribution in [-0.2, 0) is 20.7 Å². The van der Waals surface area contributed by atoms with Gasteiger partial charge in [0, 0.05) is 13.0 Å². The fraction of sp³-hybridized carbons (Fsp3) is 0.500. The number of ether oxygens (including phenoxy) is 1. The standard InChI is InChI=1S/C12H15NO4S/c1-17-12(16)10-5-9(14)6-13(10)11(15)4-8-2-3-18-7-8/h2-3,7,9-10,14H,4-6H2,1H3. The van der Waals surface area contributed by atoms with Gasteiger partial charge in [-0.25, -0.2) is 4.79 Å². The van der Waals surface area contributed by atoms with Gasteiger partial charge in [-0.15, -0.1) is 0 Å². The number of likely N-dealkylation sites (tertiary alicyclic amines) is 1. The van der Waals surface area contributed by atoms with Crippen LogP contribution in [0.4, 0.5) is 0 Å². The number of esters is 1. The molecule has 0 spiro atoms. The SMILES string of the molecule is COC(=O)C1CC(O)CN1C(=O)Cc1ccsc1. The van der Waals surface area contributed by atoms with E-state index in [1.54, 1.807) is 0 Å². The summed E-state index contributed by atoms with van der Waals surface area (Å²) in [6.07, 6.45) is -0.147. The Balaban J connectivity index is 2.05. The Morgan fingerprint density at radius 1 is 1.61 bits per heavy atom. The first-order chi connectivity index (χ1) is 8.61. The van der Waals surface area contributed by atoms with E-state index in [0.717, 1.165) is 5.56 Å². The van der Waals surface area contributed by atoms with Crippen LogP contribution < -0.4 is 0 Å². The lowest BCUT2D eigenvalue weighted by Crippen LogP contribution is -2.41. The highest BCUT2D eigenvalue weighted by Crippen LogP contribution is 2.20. The quantitative estimate of drug-likeness (QED) is 0.808. The van der Waals surface area contributed by atoms with Crippen molar-refractivity contribution < 1.29 is 19.4 Å². The second-order valence-electron chi connectivity index (χ2n) is 4.28. The zero-order valence-electron chi connectivity index (χ0n) is 10.0. The summed E-state index contributed by atoms with van der Waals surface area (Å²) in [5.74, 6) is -0.620. The largest absolute Gasteiger partial charge is 0.467 e. The van der Waals surface area contributed by atoms with Crippen LogP contribution in [0.5, 0.6) is 0 Å². The molecule has 1 aromatic rings. The zero-order valence-corrected chi connectivity index (χ0v) is 10.9. The van der Waals surface area contributed by atoms with E-state index in [4.69, 9.17) is 0 Å². The van der Waals surface area contributed by atoms with E-state index in [-0.39, 0.29) is 25.3 Å². The maximum absolute atomic E-state index is 12.1. The van der Waals surface area contributed by atoms with Gasteiger partial charge in [-0.05, 0) is 22.4 Å². The third-order valence-electron chi connectivity index (χ3n) is 3.01. The number of thiophene rings is 1. The highest BCUT2D eigenvalue weighted by molar-refractivity contribution is 7.07. The second-order valence-corrected chi connectivity index (χ2v) is 5.06. The molecular weight excluding hydrogens is 254 g/mol. The van der Waals surface area contributed by atoms with Crippen molar-refractivity contribution in [2.75, 3.05) is 13.7 Å². The van der Waals surface area contributed by atoms with Crippen molar-refractivity contribution in [3.63, 3.8) is 0 Å². The molecule has 6 heteroatoms. The van der Waals surface area contributed by atoms with Crippen LogP contribution in [0.25, 0.3) is 0 Å². The van der Waals surface area contributed by atoms with Crippen LogP contribution in [-0.4, -0.2) is 47.7 Å². The summed E-state index contributed by atoms with van der Waals surface area (Å²) in [5.41, 5.74) is 0.926. The fourth-order valence-electron chi connectivity index (χ4n) is 2.12. The number of nitrogens with zero attached hydrogens (tertiary/aromatic N) is 1. The number of hydrogen-bond donors (Lipinski definition) is 1. The molecule has 0 aliphatic carbocycles. The number of carbonyl (C=O) groups is 2.